The summed E-state index contributed by atoms with van der Waals surface area (Å²) >= 11 is 6.07. The Labute approximate surface area is 174 Å². The molecule has 0 saturated carbocycles. The average molecular weight is 409 g/mol. The molecular formula is C22H21ClN4O2. The highest BCUT2D eigenvalue weighted by Gasteiger charge is 2.20. The molecule has 6 nitrogen and oxygen atoms in total. The molecule has 1 aromatic heterocycles. The second kappa shape index (κ2) is 8.09. The standard InChI is InChI=1S/C22H21ClN4O2/c1-14-10-20(26-22(24-14)25-19-5-3-4-18(23)12-19)27-9-8-15-11-16(21(28)29-2)6-7-17(15)13-27/h3-7,10-12H,8-9,13H2,1-2H3,(H,24,25,26). The molecule has 0 fully saturated rings. The number of carbonyl (C=O) groups is 1. The third kappa shape index (κ3) is 4.32. The molecule has 0 aliphatic carbocycles. The number of nitrogens with zero attached hydrogens (tertiary/aromatic N) is 3. The normalized spacial score (nSPS) is 13.0. The van der Waals surface area contributed by atoms with Gasteiger partial charge in [-0.2, -0.15) is 4.98 Å². The monoisotopic (exact) mass is 408 g/mol. The second-order valence-electron chi connectivity index (χ2n) is 6.97. The number of anilines is 3. The molecule has 2 heterocycles. The van der Waals surface area contributed by atoms with Crippen molar-refractivity contribution in [1.82, 2.24) is 9.97 Å². The Balaban J connectivity index is 1.56. The summed E-state index contributed by atoms with van der Waals surface area (Å²) in [7, 11) is 1.40. The third-order valence-electron chi connectivity index (χ3n) is 4.89. The Morgan fingerprint density at radius 2 is 2.00 bits per heavy atom. The van der Waals surface area contributed by atoms with Crippen molar-refractivity contribution in [3.63, 3.8) is 0 Å². The number of carbonyl (C=O) groups excluding carboxylic acids is 1. The number of halogens is 1. The summed E-state index contributed by atoms with van der Waals surface area (Å²) < 4.78 is 4.82. The van der Waals surface area contributed by atoms with E-state index in [1.807, 2.05) is 55.5 Å². The molecule has 0 amide bonds. The summed E-state index contributed by atoms with van der Waals surface area (Å²) in [6.07, 6.45) is 0.834. The molecule has 1 aliphatic rings. The van der Waals surface area contributed by atoms with Gasteiger partial charge in [-0.05, 0) is 54.8 Å². The number of nitrogens with one attached hydrogen (secondary N) is 1. The fourth-order valence-corrected chi connectivity index (χ4v) is 3.65. The molecule has 1 N–H and O–H groups in total. The van der Waals surface area contributed by atoms with E-state index in [2.05, 4.69) is 15.2 Å². The van der Waals surface area contributed by atoms with Crippen molar-refractivity contribution in [3.05, 3.63) is 75.9 Å². The zero-order valence-corrected chi connectivity index (χ0v) is 17.0. The predicted molar refractivity (Wildman–Crippen MR) is 114 cm³/mol. The van der Waals surface area contributed by atoms with Gasteiger partial charge in [0.05, 0.1) is 12.7 Å². The van der Waals surface area contributed by atoms with Crippen molar-refractivity contribution in [1.29, 1.82) is 0 Å². The summed E-state index contributed by atoms with van der Waals surface area (Å²) in [4.78, 5) is 23.2. The summed E-state index contributed by atoms with van der Waals surface area (Å²) in [5, 5.41) is 3.88. The maximum atomic E-state index is 11.8. The number of aryl methyl sites for hydroxylation is 1. The molecule has 0 spiro atoms. The first kappa shape index (κ1) is 19.2. The lowest BCUT2D eigenvalue weighted by Gasteiger charge is -2.30. The van der Waals surface area contributed by atoms with Crippen LogP contribution in [0.3, 0.4) is 0 Å². The van der Waals surface area contributed by atoms with Gasteiger partial charge < -0.3 is 15.0 Å². The van der Waals surface area contributed by atoms with E-state index in [0.29, 0.717) is 16.5 Å². The molecule has 1 aliphatic heterocycles. The molecule has 148 valence electrons. The number of methoxy groups -OCH3 is 1. The molecule has 3 aromatic rings. The first-order chi connectivity index (χ1) is 14.0. The minimum atomic E-state index is -0.307. The van der Waals surface area contributed by atoms with Crippen LogP contribution in [-0.4, -0.2) is 29.6 Å². The fourth-order valence-electron chi connectivity index (χ4n) is 3.46. The van der Waals surface area contributed by atoms with Crippen molar-refractivity contribution in [2.45, 2.75) is 19.9 Å². The van der Waals surface area contributed by atoms with E-state index in [0.717, 1.165) is 36.7 Å². The van der Waals surface area contributed by atoms with Gasteiger partial charge in [0.15, 0.2) is 0 Å². The van der Waals surface area contributed by atoms with Crippen LogP contribution in [0.5, 0.6) is 0 Å². The SMILES string of the molecule is COC(=O)c1ccc2c(c1)CCN(c1cc(C)nc(Nc3cccc(Cl)c3)n1)C2. The highest BCUT2D eigenvalue weighted by molar-refractivity contribution is 6.30. The number of aromatic nitrogens is 2. The van der Waals surface area contributed by atoms with Gasteiger partial charge in [0.2, 0.25) is 5.95 Å². The zero-order valence-electron chi connectivity index (χ0n) is 16.3. The molecular weight excluding hydrogens is 388 g/mol. The maximum absolute atomic E-state index is 11.8. The largest absolute Gasteiger partial charge is 0.465 e. The van der Waals surface area contributed by atoms with Gasteiger partial charge in [-0.25, -0.2) is 9.78 Å². The maximum Gasteiger partial charge on any atom is 0.337 e. The van der Waals surface area contributed by atoms with Crippen molar-refractivity contribution < 1.29 is 9.53 Å². The molecule has 4 rings (SSSR count). The Bertz CT molecular complexity index is 1070. The number of benzene rings is 2. The number of rotatable bonds is 4. The second-order valence-corrected chi connectivity index (χ2v) is 7.41. The van der Waals surface area contributed by atoms with Crippen LogP contribution in [0.1, 0.15) is 27.2 Å². The number of fused-ring (bicyclic) bond motifs is 1. The van der Waals surface area contributed by atoms with Crippen LogP contribution < -0.4 is 10.2 Å². The average Bonchev–Trinajstić information content (AvgIpc) is 2.72. The molecule has 0 saturated heterocycles. The van der Waals surface area contributed by atoms with Crippen molar-refractivity contribution >= 4 is 35.0 Å². The van der Waals surface area contributed by atoms with Crippen LogP contribution in [-0.2, 0) is 17.7 Å². The molecule has 2 aromatic carbocycles. The smallest absolute Gasteiger partial charge is 0.337 e. The topological polar surface area (TPSA) is 67.3 Å². The van der Waals surface area contributed by atoms with Gasteiger partial charge in [0.1, 0.15) is 5.82 Å². The van der Waals surface area contributed by atoms with Crippen LogP contribution in [0.4, 0.5) is 17.5 Å². The van der Waals surface area contributed by atoms with Crippen molar-refractivity contribution in [2.75, 3.05) is 23.9 Å². The lowest BCUT2D eigenvalue weighted by atomic mass is 9.97. The number of ether oxygens (including phenoxy) is 1. The van der Waals surface area contributed by atoms with Gasteiger partial charge in [0.25, 0.3) is 0 Å². The highest BCUT2D eigenvalue weighted by Crippen LogP contribution is 2.26. The third-order valence-corrected chi connectivity index (χ3v) is 5.12. The quantitative estimate of drug-likeness (QED) is 0.639. The van der Waals surface area contributed by atoms with E-state index in [4.69, 9.17) is 21.3 Å². The Morgan fingerprint density at radius 3 is 2.79 bits per heavy atom. The van der Waals surface area contributed by atoms with E-state index >= 15 is 0 Å². The van der Waals surface area contributed by atoms with E-state index in [9.17, 15) is 4.79 Å². The molecule has 0 radical (unpaired) electrons. The zero-order chi connectivity index (χ0) is 20.4. The highest BCUT2D eigenvalue weighted by atomic mass is 35.5. The van der Waals surface area contributed by atoms with Gasteiger partial charge >= 0.3 is 5.97 Å². The molecule has 7 heteroatoms. The van der Waals surface area contributed by atoms with Crippen molar-refractivity contribution in [3.8, 4) is 0 Å². The Hall–Kier alpha value is -3.12. The molecule has 0 unspecified atom stereocenters. The summed E-state index contributed by atoms with van der Waals surface area (Å²) in [5.74, 6) is 1.09. The summed E-state index contributed by atoms with van der Waals surface area (Å²) in [6, 6.07) is 15.2. The minimum absolute atomic E-state index is 0.307. The lowest BCUT2D eigenvalue weighted by Crippen LogP contribution is -2.31. The predicted octanol–water partition coefficient (Wildman–Crippen LogP) is 4.53. The molecule has 29 heavy (non-hydrogen) atoms. The van der Waals surface area contributed by atoms with Crippen LogP contribution in [0, 0.1) is 6.92 Å². The number of hydrogen-bond donors (Lipinski definition) is 1. The van der Waals surface area contributed by atoms with Crippen molar-refractivity contribution in [2.24, 2.45) is 0 Å². The van der Waals surface area contributed by atoms with Gasteiger partial charge in [-0.3, -0.25) is 0 Å². The fraction of sp³-hybridized carbons (Fsp3) is 0.227. The summed E-state index contributed by atoms with van der Waals surface area (Å²) in [6.45, 7) is 3.49. The van der Waals surface area contributed by atoms with Gasteiger partial charge in [-0.1, -0.05) is 23.7 Å². The first-order valence-electron chi connectivity index (χ1n) is 9.35. The van der Waals surface area contributed by atoms with Crippen LogP contribution >= 0.6 is 11.6 Å². The Kier molecular flexibility index (Phi) is 5.36. The van der Waals surface area contributed by atoms with E-state index < -0.39 is 0 Å². The van der Waals surface area contributed by atoms with Crippen LogP contribution in [0.15, 0.2) is 48.5 Å². The van der Waals surface area contributed by atoms with Gasteiger partial charge in [0, 0.05) is 35.6 Å². The molecule has 0 atom stereocenters. The lowest BCUT2D eigenvalue weighted by molar-refractivity contribution is 0.0600. The first-order valence-corrected chi connectivity index (χ1v) is 9.73. The Morgan fingerprint density at radius 1 is 1.14 bits per heavy atom. The molecule has 0 bridgehead atoms. The number of esters is 1. The van der Waals surface area contributed by atoms with E-state index in [1.54, 1.807) is 0 Å². The summed E-state index contributed by atoms with van der Waals surface area (Å²) in [5.41, 5.74) is 4.67. The van der Waals surface area contributed by atoms with Gasteiger partial charge in [-0.15, -0.1) is 0 Å². The van der Waals surface area contributed by atoms with E-state index in [-0.39, 0.29) is 5.97 Å². The van der Waals surface area contributed by atoms with E-state index in [1.165, 1.54) is 18.2 Å². The minimum Gasteiger partial charge on any atom is -0.465 e. The number of hydrogen-bond acceptors (Lipinski definition) is 6. The van der Waals surface area contributed by atoms with Crippen LogP contribution in [0.25, 0.3) is 0 Å². The van der Waals surface area contributed by atoms with Crippen LogP contribution in [0.2, 0.25) is 5.02 Å².